The van der Waals surface area contributed by atoms with Crippen molar-refractivity contribution in [2.45, 2.75) is 5.03 Å². The molecule has 140 valence electrons. The van der Waals surface area contributed by atoms with E-state index in [9.17, 15) is 9.59 Å². The van der Waals surface area contributed by atoms with Gasteiger partial charge >= 0.3 is 0 Å². The van der Waals surface area contributed by atoms with Gasteiger partial charge in [-0.15, -0.1) is 22.7 Å². The Hall–Kier alpha value is -2.75. The Morgan fingerprint density at radius 1 is 1.04 bits per heavy atom. The maximum atomic E-state index is 12.1. The van der Waals surface area contributed by atoms with Gasteiger partial charge in [0.25, 0.3) is 5.91 Å². The van der Waals surface area contributed by atoms with Crippen LogP contribution in [-0.2, 0) is 4.79 Å². The molecule has 28 heavy (non-hydrogen) atoms. The highest BCUT2D eigenvalue weighted by Gasteiger charge is 2.13. The normalized spacial score (nSPS) is 10.7. The molecule has 0 aliphatic carbocycles. The van der Waals surface area contributed by atoms with Crippen LogP contribution in [0.1, 0.15) is 9.67 Å². The van der Waals surface area contributed by atoms with E-state index in [4.69, 9.17) is 0 Å². The Morgan fingerprint density at radius 3 is 2.68 bits per heavy atom. The van der Waals surface area contributed by atoms with Crippen LogP contribution in [0.2, 0.25) is 0 Å². The maximum absolute atomic E-state index is 12.1. The van der Waals surface area contributed by atoms with Crippen molar-refractivity contribution in [3.8, 4) is 10.4 Å². The summed E-state index contributed by atoms with van der Waals surface area (Å²) in [4.78, 5) is 35.1. The summed E-state index contributed by atoms with van der Waals surface area (Å²) in [5, 5.41) is 3.47. The molecule has 0 spiro atoms. The highest BCUT2D eigenvalue weighted by Crippen LogP contribution is 2.35. The first-order chi connectivity index (χ1) is 13.7. The van der Waals surface area contributed by atoms with E-state index in [2.05, 4.69) is 33.0 Å². The molecule has 0 radical (unpaired) electrons. The number of hydrogen-bond donors (Lipinski definition) is 2. The number of rotatable bonds is 5. The molecule has 0 aliphatic rings. The molecule has 1 aromatic carbocycles. The highest BCUT2D eigenvalue weighted by molar-refractivity contribution is 8.00. The Balaban J connectivity index is 1.41. The Labute approximate surface area is 173 Å². The van der Waals surface area contributed by atoms with Gasteiger partial charge in [0.1, 0.15) is 16.2 Å². The van der Waals surface area contributed by atoms with E-state index in [1.807, 2.05) is 24.3 Å². The van der Waals surface area contributed by atoms with Crippen LogP contribution in [0, 0.1) is 0 Å². The van der Waals surface area contributed by atoms with Crippen molar-refractivity contribution in [3.05, 3.63) is 65.1 Å². The fourth-order valence-electron chi connectivity index (χ4n) is 2.46. The van der Waals surface area contributed by atoms with Gasteiger partial charge in [0, 0.05) is 10.3 Å². The van der Waals surface area contributed by atoms with Gasteiger partial charge in [0.2, 0.25) is 5.91 Å². The largest absolute Gasteiger partial charge is 0.279 e. The minimum absolute atomic E-state index is 0.132. The first-order valence-electron chi connectivity index (χ1n) is 8.26. The van der Waals surface area contributed by atoms with E-state index in [1.165, 1.54) is 29.4 Å². The Kier molecular flexibility index (Phi) is 5.65. The molecule has 0 aliphatic heterocycles. The molecule has 0 fully saturated rings. The number of hydrazine groups is 1. The molecular formula is C19H14N4O2S3. The number of benzene rings is 1. The zero-order chi connectivity index (χ0) is 19.3. The lowest BCUT2D eigenvalue weighted by molar-refractivity contribution is -0.119. The van der Waals surface area contributed by atoms with Crippen molar-refractivity contribution in [2.24, 2.45) is 0 Å². The number of nitrogens with one attached hydrogen (secondary N) is 2. The third kappa shape index (κ3) is 4.22. The highest BCUT2D eigenvalue weighted by atomic mass is 32.2. The molecule has 0 saturated carbocycles. The van der Waals surface area contributed by atoms with Gasteiger partial charge in [-0.1, -0.05) is 48.2 Å². The lowest BCUT2D eigenvalue weighted by Gasteiger charge is -2.06. The van der Waals surface area contributed by atoms with Gasteiger partial charge in [0.15, 0.2) is 0 Å². The van der Waals surface area contributed by atoms with Crippen LogP contribution in [0.5, 0.6) is 0 Å². The average molecular weight is 427 g/mol. The number of carbonyl (C=O) groups excluding carboxylic acids is 2. The van der Waals surface area contributed by atoms with Crippen LogP contribution >= 0.6 is 34.4 Å². The molecule has 0 atom stereocenters. The Bertz CT molecular complexity index is 1110. The standard InChI is InChI=1S/C19H14N4O2S3/c24-16(22-23-17(25)14-7-4-8-26-14)10-27-18-13-9-15(12-5-2-1-3-6-12)28-19(13)21-11-20-18/h1-9,11H,10H2,(H,22,24)(H,23,25). The summed E-state index contributed by atoms with van der Waals surface area (Å²) >= 11 is 4.21. The first kappa shape index (κ1) is 18.6. The summed E-state index contributed by atoms with van der Waals surface area (Å²) in [6.45, 7) is 0. The molecule has 3 heterocycles. The second kappa shape index (κ2) is 8.51. The number of fused-ring (bicyclic) bond motifs is 1. The molecule has 9 heteroatoms. The van der Waals surface area contributed by atoms with Crippen molar-refractivity contribution in [1.82, 2.24) is 20.8 Å². The van der Waals surface area contributed by atoms with E-state index in [0.29, 0.717) is 4.88 Å². The summed E-state index contributed by atoms with van der Waals surface area (Å²) in [7, 11) is 0. The fourth-order valence-corrected chi connectivity index (χ4v) is 4.92. The lowest BCUT2D eigenvalue weighted by atomic mass is 10.2. The van der Waals surface area contributed by atoms with Gasteiger partial charge < -0.3 is 0 Å². The van der Waals surface area contributed by atoms with Crippen molar-refractivity contribution in [3.63, 3.8) is 0 Å². The smallest absolute Gasteiger partial charge is 0.272 e. The number of thioether (sulfide) groups is 1. The van der Waals surface area contributed by atoms with Gasteiger partial charge in [-0.05, 0) is 23.1 Å². The van der Waals surface area contributed by atoms with Crippen LogP contribution in [0.15, 0.2) is 65.3 Å². The maximum Gasteiger partial charge on any atom is 0.279 e. The second-order valence-electron chi connectivity index (χ2n) is 5.64. The molecule has 6 nitrogen and oxygen atoms in total. The summed E-state index contributed by atoms with van der Waals surface area (Å²) in [6, 6.07) is 15.6. The van der Waals surface area contributed by atoms with E-state index in [-0.39, 0.29) is 17.6 Å². The van der Waals surface area contributed by atoms with Crippen LogP contribution in [0.25, 0.3) is 20.7 Å². The molecule has 0 unspecified atom stereocenters. The zero-order valence-corrected chi connectivity index (χ0v) is 16.9. The molecule has 2 amide bonds. The number of hydrogen-bond acceptors (Lipinski definition) is 7. The predicted octanol–water partition coefficient (Wildman–Crippen LogP) is 3.97. The summed E-state index contributed by atoms with van der Waals surface area (Å²) < 4.78 is 0. The molecule has 4 rings (SSSR count). The van der Waals surface area contributed by atoms with Gasteiger partial charge in [-0.3, -0.25) is 20.4 Å². The van der Waals surface area contributed by atoms with E-state index >= 15 is 0 Å². The third-order valence-electron chi connectivity index (χ3n) is 3.75. The average Bonchev–Trinajstić information content (AvgIpc) is 3.41. The van der Waals surface area contributed by atoms with E-state index in [0.717, 1.165) is 25.7 Å². The SMILES string of the molecule is O=C(CSc1ncnc2sc(-c3ccccc3)cc12)NNC(=O)c1cccs1. The van der Waals surface area contributed by atoms with Gasteiger partial charge in [-0.25, -0.2) is 9.97 Å². The van der Waals surface area contributed by atoms with Crippen molar-refractivity contribution >= 4 is 56.5 Å². The van der Waals surface area contributed by atoms with Gasteiger partial charge in [0.05, 0.1) is 10.6 Å². The summed E-state index contributed by atoms with van der Waals surface area (Å²) in [6.07, 6.45) is 1.51. The number of carbonyl (C=O) groups is 2. The molecule has 0 bridgehead atoms. The van der Waals surface area contributed by atoms with Crippen LogP contribution in [-0.4, -0.2) is 27.5 Å². The molecule has 0 saturated heterocycles. The number of thiophene rings is 2. The van der Waals surface area contributed by atoms with Crippen molar-refractivity contribution in [2.75, 3.05) is 5.75 Å². The minimum atomic E-state index is -0.330. The first-order valence-corrected chi connectivity index (χ1v) is 10.9. The van der Waals surface area contributed by atoms with Crippen LogP contribution in [0.3, 0.4) is 0 Å². The number of amides is 2. The summed E-state index contributed by atoms with van der Waals surface area (Å²) in [5.74, 6) is -0.504. The van der Waals surface area contributed by atoms with Gasteiger partial charge in [-0.2, -0.15) is 0 Å². The Morgan fingerprint density at radius 2 is 1.89 bits per heavy atom. The van der Waals surface area contributed by atoms with E-state index < -0.39 is 0 Å². The number of aromatic nitrogens is 2. The monoisotopic (exact) mass is 426 g/mol. The topological polar surface area (TPSA) is 84.0 Å². The molecular weight excluding hydrogens is 412 g/mol. The second-order valence-corrected chi connectivity index (χ2v) is 8.58. The lowest BCUT2D eigenvalue weighted by Crippen LogP contribution is -2.42. The molecule has 3 aromatic heterocycles. The fraction of sp³-hybridized carbons (Fsp3) is 0.0526. The van der Waals surface area contributed by atoms with Crippen LogP contribution < -0.4 is 10.9 Å². The number of nitrogens with zero attached hydrogens (tertiary/aromatic N) is 2. The van der Waals surface area contributed by atoms with Crippen molar-refractivity contribution in [1.29, 1.82) is 0 Å². The predicted molar refractivity (Wildman–Crippen MR) is 114 cm³/mol. The van der Waals surface area contributed by atoms with E-state index in [1.54, 1.807) is 28.8 Å². The molecule has 4 aromatic rings. The quantitative estimate of drug-likeness (QED) is 0.287. The molecule has 2 N–H and O–H groups in total. The summed E-state index contributed by atoms with van der Waals surface area (Å²) in [5.41, 5.74) is 5.96. The third-order valence-corrected chi connectivity index (χ3v) is 6.72. The minimum Gasteiger partial charge on any atom is -0.272 e. The van der Waals surface area contributed by atoms with Crippen molar-refractivity contribution < 1.29 is 9.59 Å². The van der Waals surface area contributed by atoms with Crippen LogP contribution in [0.4, 0.5) is 0 Å². The zero-order valence-electron chi connectivity index (χ0n) is 14.4.